The zero-order chi connectivity index (χ0) is 8.10. The average Bonchev–Trinajstić information content (AvgIpc) is 2.39. The molecule has 0 radical (unpaired) electrons. The summed E-state index contributed by atoms with van der Waals surface area (Å²) in [6, 6.07) is 0. The van der Waals surface area contributed by atoms with Crippen molar-refractivity contribution in [1.29, 1.82) is 0 Å². The summed E-state index contributed by atoms with van der Waals surface area (Å²) >= 11 is 0. The van der Waals surface area contributed by atoms with E-state index in [2.05, 4.69) is 9.97 Å². The quantitative estimate of drug-likeness (QED) is 0.797. The Labute approximate surface area is 84.1 Å². The molecule has 0 fully saturated rings. The number of imidazole rings is 1. The Hall–Kier alpha value is -0.658. The van der Waals surface area contributed by atoms with Gasteiger partial charge in [0.15, 0.2) is 0 Å². The maximum Gasteiger partial charge on any atom is 0.303 e. The number of carboxylic acid groups (broad SMARTS) is 1. The van der Waals surface area contributed by atoms with Crippen molar-refractivity contribution in [1.82, 2.24) is 9.97 Å². The molecule has 0 aliphatic carbocycles. The summed E-state index contributed by atoms with van der Waals surface area (Å²) in [6.07, 6.45) is 4.66. The van der Waals surface area contributed by atoms with E-state index in [9.17, 15) is 4.79 Å². The minimum Gasteiger partial charge on any atom is -0.481 e. The van der Waals surface area contributed by atoms with Crippen LogP contribution in [0, 0.1) is 0 Å². The molecule has 0 atom stereocenters. The number of carbonyl (C=O) groups is 1. The molecule has 4 nitrogen and oxygen atoms in total. The maximum atomic E-state index is 10.1. The number of aryl methyl sites for hydroxylation is 1. The summed E-state index contributed by atoms with van der Waals surface area (Å²) < 4.78 is 0. The third kappa shape index (κ3) is 4.27. The molecular weight excluding hydrogens is 251 g/mol. The fourth-order valence-electron chi connectivity index (χ4n) is 0.810. The van der Waals surface area contributed by atoms with Crippen LogP contribution in [0.4, 0.5) is 0 Å². The molecule has 0 amide bonds. The van der Waals surface area contributed by atoms with Gasteiger partial charge in [-0.15, -0.1) is 0 Å². The van der Waals surface area contributed by atoms with Crippen LogP contribution in [0.2, 0.25) is 0 Å². The third-order valence-corrected chi connectivity index (χ3v) is 1.34. The van der Waals surface area contributed by atoms with Crippen LogP contribution in [0.3, 0.4) is 0 Å². The fraction of sp³-hybridized carbons (Fsp3) is 0.429. The Kier molecular flexibility index (Phi) is 5.60. The van der Waals surface area contributed by atoms with Gasteiger partial charge < -0.3 is 15.1 Å². The van der Waals surface area contributed by atoms with Crippen LogP contribution in [0.1, 0.15) is 18.5 Å². The minimum atomic E-state index is -0.760. The summed E-state index contributed by atoms with van der Waals surface area (Å²) in [7, 11) is 0. The van der Waals surface area contributed by atoms with Crippen molar-refractivity contribution in [3.63, 3.8) is 0 Å². The number of hydrogen-bond acceptors (Lipinski definition) is 2. The van der Waals surface area contributed by atoms with E-state index in [4.69, 9.17) is 5.11 Å². The number of nitrogens with zero attached hydrogens (tertiary/aromatic N) is 2. The second-order valence-electron chi connectivity index (χ2n) is 2.26. The van der Waals surface area contributed by atoms with E-state index in [0.717, 1.165) is 5.69 Å². The van der Waals surface area contributed by atoms with Crippen molar-refractivity contribution >= 4 is 5.97 Å². The molecule has 1 aromatic rings. The van der Waals surface area contributed by atoms with Crippen LogP contribution in [0.25, 0.3) is 0 Å². The monoisotopic (exact) mass is 259 g/mol. The smallest absolute Gasteiger partial charge is 0.303 e. The molecule has 0 saturated carbocycles. The molecule has 1 N–H and O–H groups in total. The second-order valence-corrected chi connectivity index (χ2v) is 2.26. The number of aromatic nitrogens is 2. The first kappa shape index (κ1) is 11.3. The van der Waals surface area contributed by atoms with Crippen LogP contribution in [-0.2, 0) is 31.6 Å². The van der Waals surface area contributed by atoms with Gasteiger partial charge in [0.1, 0.15) is 0 Å². The molecule has 0 unspecified atom stereocenters. The Balaban J connectivity index is 0.00000121. The van der Waals surface area contributed by atoms with Crippen molar-refractivity contribution in [2.24, 2.45) is 0 Å². The topological polar surface area (TPSA) is 64.3 Å². The van der Waals surface area contributed by atoms with Gasteiger partial charge in [0.25, 0.3) is 0 Å². The van der Waals surface area contributed by atoms with Gasteiger partial charge in [-0.05, 0) is 12.8 Å². The van der Waals surface area contributed by atoms with Crippen molar-refractivity contribution in [2.45, 2.75) is 19.3 Å². The van der Waals surface area contributed by atoms with E-state index in [1.165, 1.54) is 6.33 Å². The molecule has 1 rings (SSSR count). The predicted octanol–water partition coefficient (Wildman–Crippen LogP) is 0.444. The minimum absolute atomic E-state index is 0. The first-order valence-corrected chi connectivity index (χ1v) is 3.42. The normalized spacial score (nSPS) is 9.00. The standard InChI is InChI=1S/C7H10N2O2.Pd/c10-7(11)3-1-2-6-4-8-5-9-6;/h4-5H,1-3H2,(H2,8,9,10,11);/p-1. The molecule has 0 aliphatic heterocycles. The van der Waals surface area contributed by atoms with Gasteiger partial charge >= 0.3 is 5.97 Å². The maximum absolute atomic E-state index is 10.1. The largest absolute Gasteiger partial charge is 0.481 e. The van der Waals surface area contributed by atoms with Crippen LogP contribution in [0.15, 0.2) is 12.5 Å². The van der Waals surface area contributed by atoms with Crippen molar-refractivity contribution in [2.75, 3.05) is 0 Å². The van der Waals surface area contributed by atoms with Gasteiger partial charge in [-0.25, -0.2) is 0 Å². The van der Waals surface area contributed by atoms with E-state index in [1.807, 2.05) is 0 Å². The molecule has 70 valence electrons. The first-order chi connectivity index (χ1) is 5.29. The van der Waals surface area contributed by atoms with E-state index >= 15 is 0 Å². The van der Waals surface area contributed by atoms with Crippen LogP contribution in [0.5, 0.6) is 0 Å². The fourth-order valence-corrected chi connectivity index (χ4v) is 0.810. The summed E-state index contributed by atoms with van der Waals surface area (Å²) in [4.78, 5) is 17.8. The summed E-state index contributed by atoms with van der Waals surface area (Å²) in [5.41, 5.74) is 0.867. The Morgan fingerprint density at radius 1 is 1.67 bits per heavy atom. The molecular formula is C7H9N2O2Pd-. The van der Waals surface area contributed by atoms with Gasteiger partial charge in [0.05, 0.1) is 0 Å². The van der Waals surface area contributed by atoms with Gasteiger partial charge in [0, 0.05) is 26.8 Å². The van der Waals surface area contributed by atoms with E-state index in [0.29, 0.717) is 12.8 Å². The molecule has 1 aromatic heterocycles. The van der Waals surface area contributed by atoms with Gasteiger partial charge in [-0.3, -0.25) is 4.79 Å². The molecule has 5 heteroatoms. The summed E-state index contributed by atoms with van der Waals surface area (Å²) in [6.45, 7) is 0. The zero-order valence-electron chi connectivity index (χ0n) is 6.34. The number of aliphatic carboxylic acids is 1. The first-order valence-electron chi connectivity index (χ1n) is 3.42. The average molecular weight is 260 g/mol. The SMILES string of the molecule is O=C(O)CCCc1c[n-]cn1.[Pd]. The molecule has 0 spiro atoms. The predicted molar refractivity (Wildman–Crippen MR) is 38.1 cm³/mol. The van der Waals surface area contributed by atoms with Crippen molar-refractivity contribution in [3.8, 4) is 0 Å². The molecule has 0 aliphatic rings. The van der Waals surface area contributed by atoms with Gasteiger partial charge in [0.2, 0.25) is 0 Å². The number of rotatable bonds is 4. The summed E-state index contributed by atoms with van der Waals surface area (Å²) in [5.74, 6) is -0.760. The Morgan fingerprint density at radius 3 is 2.92 bits per heavy atom. The van der Waals surface area contributed by atoms with Gasteiger partial charge in [-0.1, -0.05) is 18.2 Å². The van der Waals surface area contributed by atoms with Crippen LogP contribution < -0.4 is 4.98 Å². The summed E-state index contributed by atoms with van der Waals surface area (Å²) in [5, 5.41) is 8.31. The zero-order valence-corrected chi connectivity index (χ0v) is 7.90. The second kappa shape index (κ2) is 5.93. The van der Waals surface area contributed by atoms with Gasteiger partial charge in [-0.2, -0.15) is 0 Å². The van der Waals surface area contributed by atoms with Crippen molar-refractivity contribution in [3.05, 3.63) is 18.2 Å². The van der Waals surface area contributed by atoms with Crippen LogP contribution >= 0.6 is 0 Å². The molecule has 0 aromatic carbocycles. The number of carboxylic acids is 1. The molecule has 0 saturated heterocycles. The molecule has 12 heavy (non-hydrogen) atoms. The Bertz CT molecular complexity index is 223. The Morgan fingerprint density at radius 2 is 2.42 bits per heavy atom. The van der Waals surface area contributed by atoms with E-state index in [-0.39, 0.29) is 26.8 Å². The van der Waals surface area contributed by atoms with Crippen LogP contribution in [-0.4, -0.2) is 16.1 Å². The van der Waals surface area contributed by atoms with Crippen molar-refractivity contribution < 1.29 is 30.3 Å². The third-order valence-electron chi connectivity index (χ3n) is 1.34. The van der Waals surface area contributed by atoms with E-state index < -0.39 is 5.97 Å². The molecule has 0 bridgehead atoms. The van der Waals surface area contributed by atoms with E-state index in [1.54, 1.807) is 6.20 Å². The molecule has 1 heterocycles. The number of hydrogen-bond donors (Lipinski definition) is 1.